The van der Waals surface area contributed by atoms with E-state index in [0.29, 0.717) is 5.54 Å². The number of rotatable bonds is 0. The molecule has 0 N–H and O–H groups in total. The monoisotopic (exact) mass is 165 g/mol. The molecule has 0 aromatic heterocycles. The van der Waals surface area contributed by atoms with E-state index >= 15 is 0 Å². The van der Waals surface area contributed by atoms with Gasteiger partial charge in [-0.3, -0.25) is 4.90 Å². The Kier molecular flexibility index (Phi) is 1.80. The van der Waals surface area contributed by atoms with Crippen LogP contribution in [-0.2, 0) is 0 Å². The van der Waals surface area contributed by atoms with Gasteiger partial charge in [-0.2, -0.15) is 0 Å². The van der Waals surface area contributed by atoms with Crippen molar-refractivity contribution in [3.8, 4) is 0 Å². The van der Waals surface area contributed by atoms with Gasteiger partial charge in [0.05, 0.1) is 0 Å². The molecule has 1 aliphatic carbocycles. The van der Waals surface area contributed by atoms with E-state index in [9.17, 15) is 0 Å². The minimum absolute atomic E-state index is 0.355. The normalized spacial score (nSPS) is 35.9. The van der Waals surface area contributed by atoms with Gasteiger partial charge in [0.15, 0.2) is 0 Å². The Labute approximate surface area is 75.4 Å². The van der Waals surface area contributed by atoms with Crippen LogP contribution in [0.5, 0.6) is 0 Å². The Hall–Kier alpha value is -0.300. The van der Waals surface area contributed by atoms with E-state index in [1.165, 1.54) is 19.4 Å². The van der Waals surface area contributed by atoms with Gasteiger partial charge in [0.25, 0.3) is 0 Å². The van der Waals surface area contributed by atoms with Crippen LogP contribution in [0.4, 0.5) is 0 Å². The average molecular weight is 165 g/mol. The first-order valence-electron chi connectivity index (χ1n) is 5.02. The van der Waals surface area contributed by atoms with Gasteiger partial charge in [-0.15, -0.1) is 0 Å². The zero-order chi connectivity index (χ0) is 8.77. The van der Waals surface area contributed by atoms with Gasteiger partial charge in [0, 0.05) is 18.1 Å². The van der Waals surface area contributed by atoms with E-state index in [0.717, 1.165) is 12.0 Å². The van der Waals surface area contributed by atoms with Crippen LogP contribution in [0.1, 0.15) is 33.6 Å². The molecule has 1 nitrogen and oxygen atoms in total. The third-order valence-corrected chi connectivity index (χ3v) is 3.13. The average Bonchev–Trinajstić information content (AvgIpc) is 2.05. The summed E-state index contributed by atoms with van der Waals surface area (Å²) in [4.78, 5) is 2.64. The van der Waals surface area contributed by atoms with Gasteiger partial charge in [0.1, 0.15) is 0 Å². The topological polar surface area (TPSA) is 3.24 Å². The molecule has 0 saturated carbocycles. The van der Waals surface area contributed by atoms with Crippen LogP contribution >= 0.6 is 0 Å². The van der Waals surface area contributed by atoms with E-state index in [-0.39, 0.29) is 0 Å². The molecule has 2 heterocycles. The summed E-state index contributed by atoms with van der Waals surface area (Å²) in [7, 11) is 0. The number of fused-ring (bicyclic) bond motifs is 2. The minimum Gasteiger partial charge on any atom is -0.292 e. The van der Waals surface area contributed by atoms with Gasteiger partial charge in [-0.05, 0) is 39.5 Å². The highest BCUT2D eigenvalue weighted by Crippen LogP contribution is 2.33. The Morgan fingerprint density at radius 3 is 2.17 bits per heavy atom. The molecule has 0 amide bonds. The van der Waals surface area contributed by atoms with E-state index in [4.69, 9.17) is 0 Å². The van der Waals surface area contributed by atoms with Crippen LogP contribution in [0.15, 0.2) is 12.2 Å². The molecule has 1 heteroatoms. The van der Waals surface area contributed by atoms with Crippen LogP contribution in [-0.4, -0.2) is 23.0 Å². The van der Waals surface area contributed by atoms with E-state index < -0.39 is 0 Å². The summed E-state index contributed by atoms with van der Waals surface area (Å²) in [6, 6.07) is 0.731. The maximum Gasteiger partial charge on any atom is 0.0283 e. The Morgan fingerprint density at radius 1 is 1.17 bits per heavy atom. The van der Waals surface area contributed by atoms with Crippen molar-refractivity contribution < 1.29 is 0 Å². The lowest BCUT2D eigenvalue weighted by Crippen LogP contribution is -2.54. The van der Waals surface area contributed by atoms with Gasteiger partial charge in [0.2, 0.25) is 0 Å². The molecular formula is C11H19N. The van der Waals surface area contributed by atoms with E-state index in [2.05, 4.69) is 37.8 Å². The standard InChI is InChI=1S/C11H19N/c1-11(2,3)12-8-9-4-6-10(12)7-5-9/h4,6,9-10H,5,7-8H2,1-3H3. The molecule has 3 rings (SSSR count). The van der Waals surface area contributed by atoms with Crippen molar-refractivity contribution in [3.05, 3.63) is 12.2 Å². The van der Waals surface area contributed by atoms with Crippen molar-refractivity contribution >= 4 is 0 Å². The van der Waals surface area contributed by atoms with Crippen molar-refractivity contribution in [1.29, 1.82) is 0 Å². The lowest BCUT2D eigenvalue weighted by atomic mass is 9.83. The molecular weight excluding hydrogens is 146 g/mol. The summed E-state index contributed by atoms with van der Waals surface area (Å²) < 4.78 is 0. The summed E-state index contributed by atoms with van der Waals surface area (Å²) in [5.74, 6) is 0.842. The van der Waals surface area contributed by atoms with Crippen molar-refractivity contribution in [2.24, 2.45) is 5.92 Å². The molecule has 0 aromatic carbocycles. The first-order valence-corrected chi connectivity index (χ1v) is 5.02. The Balaban J connectivity index is 2.16. The van der Waals surface area contributed by atoms with Crippen LogP contribution in [0, 0.1) is 5.92 Å². The number of piperidine rings is 1. The van der Waals surface area contributed by atoms with Crippen molar-refractivity contribution in [3.63, 3.8) is 0 Å². The molecule has 68 valence electrons. The highest BCUT2D eigenvalue weighted by atomic mass is 15.2. The molecule has 2 bridgehead atoms. The van der Waals surface area contributed by atoms with Crippen LogP contribution in [0.2, 0.25) is 0 Å². The molecule has 3 aliphatic rings. The second-order valence-corrected chi connectivity index (χ2v) is 5.11. The first-order chi connectivity index (χ1) is 5.57. The predicted molar refractivity (Wildman–Crippen MR) is 52.1 cm³/mol. The van der Waals surface area contributed by atoms with Crippen molar-refractivity contribution in [2.75, 3.05) is 6.54 Å². The fraction of sp³-hybridized carbons (Fsp3) is 0.818. The smallest absolute Gasteiger partial charge is 0.0283 e. The van der Waals surface area contributed by atoms with Crippen molar-refractivity contribution in [1.82, 2.24) is 4.90 Å². The van der Waals surface area contributed by atoms with Crippen LogP contribution in [0.3, 0.4) is 0 Å². The Bertz CT molecular complexity index is 200. The summed E-state index contributed by atoms with van der Waals surface area (Å²) in [6.45, 7) is 8.25. The van der Waals surface area contributed by atoms with E-state index in [1.54, 1.807) is 0 Å². The second kappa shape index (κ2) is 2.59. The predicted octanol–water partition coefficient (Wildman–Crippen LogP) is 2.44. The fourth-order valence-electron chi connectivity index (χ4n) is 2.43. The maximum atomic E-state index is 2.64. The highest BCUT2D eigenvalue weighted by Gasteiger charge is 2.35. The second-order valence-electron chi connectivity index (χ2n) is 5.11. The summed E-state index contributed by atoms with van der Waals surface area (Å²) in [6.07, 6.45) is 7.60. The van der Waals surface area contributed by atoms with Gasteiger partial charge >= 0.3 is 0 Å². The van der Waals surface area contributed by atoms with Crippen LogP contribution < -0.4 is 0 Å². The molecule has 12 heavy (non-hydrogen) atoms. The number of hydrogen-bond donors (Lipinski definition) is 0. The fourth-order valence-corrected chi connectivity index (χ4v) is 2.43. The summed E-state index contributed by atoms with van der Waals surface area (Å²) in [5.41, 5.74) is 0.355. The number of hydrogen-bond acceptors (Lipinski definition) is 1. The molecule has 0 aromatic rings. The highest BCUT2D eigenvalue weighted by molar-refractivity contribution is 5.10. The third kappa shape index (κ3) is 1.31. The van der Waals surface area contributed by atoms with Gasteiger partial charge < -0.3 is 0 Å². The molecule has 0 radical (unpaired) electrons. The van der Waals surface area contributed by atoms with Crippen LogP contribution in [0.25, 0.3) is 0 Å². The molecule has 1 saturated heterocycles. The third-order valence-electron chi connectivity index (χ3n) is 3.13. The lowest BCUT2D eigenvalue weighted by Gasteiger charge is -2.48. The molecule has 2 unspecified atom stereocenters. The maximum absolute atomic E-state index is 2.64. The summed E-state index contributed by atoms with van der Waals surface area (Å²) in [5, 5.41) is 0. The zero-order valence-corrected chi connectivity index (χ0v) is 8.38. The van der Waals surface area contributed by atoms with E-state index in [1.807, 2.05) is 0 Å². The molecule has 0 spiro atoms. The number of nitrogens with zero attached hydrogens (tertiary/aromatic N) is 1. The summed E-state index contributed by atoms with van der Waals surface area (Å²) >= 11 is 0. The quantitative estimate of drug-likeness (QED) is 0.498. The lowest BCUT2D eigenvalue weighted by molar-refractivity contribution is 0.0468. The van der Waals surface area contributed by atoms with Crippen molar-refractivity contribution in [2.45, 2.75) is 45.2 Å². The largest absolute Gasteiger partial charge is 0.292 e. The molecule has 2 atom stereocenters. The first kappa shape index (κ1) is 8.31. The van der Waals surface area contributed by atoms with Gasteiger partial charge in [-0.1, -0.05) is 12.2 Å². The minimum atomic E-state index is 0.355. The molecule has 2 aliphatic heterocycles. The molecule has 1 fully saturated rings. The zero-order valence-electron chi connectivity index (χ0n) is 8.38. The SMILES string of the molecule is CC(C)(C)N1CC2C=CC1CC2. The Morgan fingerprint density at radius 2 is 1.92 bits per heavy atom. The van der Waals surface area contributed by atoms with Gasteiger partial charge in [-0.25, -0.2) is 0 Å².